The number of amides is 1. The van der Waals surface area contributed by atoms with Crippen molar-refractivity contribution in [1.82, 2.24) is 9.88 Å². The summed E-state index contributed by atoms with van der Waals surface area (Å²) in [6.45, 7) is 2.67. The van der Waals surface area contributed by atoms with Crippen LogP contribution in [0.5, 0.6) is 0 Å². The lowest BCUT2D eigenvalue weighted by Gasteiger charge is -2.36. The molecule has 0 spiro atoms. The molecular weight excluding hydrogens is 299 g/mol. The van der Waals surface area contributed by atoms with Gasteiger partial charge in [-0.3, -0.25) is 0 Å². The van der Waals surface area contributed by atoms with Crippen LogP contribution in [0.25, 0.3) is 0 Å². The molecule has 0 aromatic carbocycles. The number of hydrogen-bond acceptors (Lipinski definition) is 3. The third-order valence-electron chi connectivity index (χ3n) is 3.79. The van der Waals surface area contributed by atoms with Crippen LogP contribution in [-0.2, 0) is 6.18 Å². The first-order valence-electron chi connectivity index (χ1n) is 7.04. The van der Waals surface area contributed by atoms with E-state index >= 15 is 0 Å². The minimum Gasteiger partial charge on any atom is -0.465 e. The second-order valence-electron chi connectivity index (χ2n) is 5.58. The number of nitrogens with one attached hydrogen (secondary N) is 1. The van der Waals surface area contributed by atoms with E-state index < -0.39 is 17.8 Å². The van der Waals surface area contributed by atoms with Gasteiger partial charge in [-0.25, -0.2) is 9.78 Å². The molecule has 1 aliphatic rings. The predicted molar refractivity (Wildman–Crippen MR) is 74.6 cm³/mol. The standard InChI is InChI=1S/C14H18F3N3O2/c1-9-2-3-11(20(8-9)13(21)22)7-19-12-6-10(4-5-18-12)14(15,16)17/h4-6,9,11H,2-3,7-8H2,1H3,(H,18,19)(H,21,22)/t9-,11-/m0/s1. The molecule has 8 heteroatoms. The topological polar surface area (TPSA) is 65.5 Å². The lowest BCUT2D eigenvalue weighted by molar-refractivity contribution is -0.137. The van der Waals surface area contributed by atoms with Crippen LogP contribution in [0.2, 0.25) is 0 Å². The largest absolute Gasteiger partial charge is 0.465 e. The summed E-state index contributed by atoms with van der Waals surface area (Å²) in [5.74, 6) is 0.387. The summed E-state index contributed by atoms with van der Waals surface area (Å²) in [6.07, 6.45) is -2.77. The van der Waals surface area contributed by atoms with Crippen molar-refractivity contribution in [2.45, 2.75) is 32.0 Å². The summed E-state index contributed by atoms with van der Waals surface area (Å²) in [7, 11) is 0. The van der Waals surface area contributed by atoms with E-state index in [2.05, 4.69) is 10.3 Å². The van der Waals surface area contributed by atoms with Gasteiger partial charge in [-0.15, -0.1) is 0 Å². The second kappa shape index (κ2) is 6.41. The Bertz CT molecular complexity index is 536. The van der Waals surface area contributed by atoms with E-state index in [9.17, 15) is 23.1 Å². The van der Waals surface area contributed by atoms with E-state index in [0.29, 0.717) is 18.9 Å². The molecule has 5 nitrogen and oxygen atoms in total. The van der Waals surface area contributed by atoms with Crippen LogP contribution < -0.4 is 5.32 Å². The Morgan fingerprint density at radius 2 is 2.23 bits per heavy atom. The van der Waals surface area contributed by atoms with Gasteiger partial charge in [0, 0.05) is 19.3 Å². The van der Waals surface area contributed by atoms with Gasteiger partial charge in [0.15, 0.2) is 0 Å². The zero-order valence-electron chi connectivity index (χ0n) is 12.1. The zero-order valence-corrected chi connectivity index (χ0v) is 12.1. The molecule has 0 aliphatic carbocycles. The van der Waals surface area contributed by atoms with E-state index in [1.165, 1.54) is 4.90 Å². The van der Waals surface area contributed by atoms with Crippen LogP contribution in [0.3, 0.4) is 0 Å². The fourth-order valence-electron chi connectivity index (χ4n) is 2.58. The average molecular weight is 317 g/mol. The number of anilines is 1. The van der Waals surface area contributed by atoms with Gasteiger partial charge in [0.1, 0.15) is 5.82 Å². The Morgan fingerprint density at radius 1 is 1.50 bits per heavy atom. The number of alkyl halides is 3. The van der Waals surface area contributed by atoms with Crippen LogP contribution in [0, 0.1) is 5.92 Å². The van der Waals surface area contributed by atoms with E-state index in [1.54, 1.807) is 0 Å². The quantitative estimate of drug-likeness (QED) is 0.898. The highest BCUT2D eigenvalue weighted by Gasteiger charge is 2.32. The van der Waals surface area contributed by atoms with Gasteiger partial charge >= 0.3 is 12.3 Å². The summed E-state index contributed by atoms with van der Waals surface area (Å²) < 4.78 is 37.9. The molecule has 1 aromatic rings. The maximum Gasteiger partial charge on any atom is 0.416 e. The Labute approximate surface area is 126 Å². The molecule has 0 unspecified atom stereocenters. The van der Waals surface area contributed by atoms with Crippen molar-refractivity contribution in [2.75, 3.05) is 18.4 Å². The molecular formula is C14H18F3N3O2. The lowest BCUT2D eigenvalue weighted by Crippen LogP contribution is -2.48. The summed E-state index contributed by atoms with van der Waals surface area (Å²) in [6, 6.07) is 1.57. The summed E-state index contributed by atoms with van der Waals surface area (Å²) >= 11 is 0. The van der Waals surface area contributed by atoms with Crippen molar-refractivity contribution in [3.63, 3.8) is 0 Å². The molecule has 2 atom stereocenters. The summed E-state index contributed by atoms with van der Waals surface area (Å²) in [4.78, 5) is 16.4. The van der Waals surface area contributed by atoms with Crippen molar-refractivity contribution < 1.29 is 23.1 Å². The third-order valence-corrected chi connectivity index (χ3v) is 3.79. The second-order valence-corrected chi connectivity index (χ2v) is 5.58. The first-order valence-corrected chi connectivity index (χ1v) is 7.04. The molecule has 0 radical (unpaired) electrons. The monoisotopic (exact) mass is 317 g/mol. The maximum atomic E-state index is 12.6. The van der Waals surface area contributed by atoms with Crippen molar-refractivity contribution in [2.24, 2.45) is 5.92 Å². The van der Waals surface area contributed by atoms with Crippen LogP contribution in [0.4, 0.5) is 23.8 Å². The Morgan fingerprint density at radius 3 is 2.86 bits per heavy atom. The molecule has 0 bridgehead atoms. The number of likely N-dealkylation sites (tertiary alicyclic amines) is 1. The van der Waals surface area contributed by atoms with Crippen molar-refractivity contribution in [3.8, 4) is 0 Å². The van der Waals surface area contributed by atoms with Gasteiger partial charge < -0.3 is 15.3 Å². The smallest absolute Gasteiger partial charge is 0.416 e. The first kappa shape index (κ1) is 16.4. The Kier molecular flexibility index (Phi) is 4.77. The Hall–Kier alpha value is -1.99. The molecule has 2 N–H and O–H groups in total. The molecule has 22 heavy (non-hydrogen) atoms. The van der Waals surface area contributed by atoms with E-state index in [4.69, 9.17) is 0 Å². The van der Waals surface area contributed by atoms with Crippen LogP contribution in [0.1, 0.15) is 25.3 Å². The van der Waals surface area contributed by atoms with E-state index in [1.807, 2.05) is 6.92 Å². The minimum atomic E-state index is -4.42. The predicted octanol–water partition coefficient (Wildman–Crippen LogP) is 3.29. The normalized spacial score (nSPS) is 22.5. The summed E-state index contributed by atoms with van der Waals surface area (Å²) in [5, 5.41) is 12.0. The van der Waals surface area contributed by atoms with Crippen molar-refractivity contribution in [1.29, 1.82) is 0 Å². The Balaban J connectivity index is 2.01. The fraction of sp³-hybridized carbons (Fsp3) is 0.571. The summed E-state index contributed by atoms with van der Waals surface area (Å²) in [5.41, 5.74) is -0.780. The first-order chi connectivity index (χ1) is 10.3. The average Bonchev–Trinajstić information content (AvgIpc) is 2.45. The molecule has 1 amide bonds. The molecule has 1 saturated heterocycles. The lowest BCUT2D eigenvalue weighted by atomic mass is 9.94. The third kappa shape index (κ3) is 4.02. The number of nitrogens with zero attached hydrogens (tertiary/aromatic N) is 2. The van der Waals surface area contributed by atoms with E-state index in [-0.39, 0.29) is 18.4 Å². The number of carbonyl (C=O) groups is 1. The van der Waals surface area contributed by atoms with Crippen LogP contribution in [0.15, 0.2) is 18.3 Å². The number of carboxylic acid groups (broad SMARTS) is 1. The molecule has 122 valence electrons. The van der Waals surface area contributed by atoms with Gasteiger partial charge in [-0.05, 0) is 30.9 Å². The van der Waals surface area contributed by atoms with Crippen molar-refractivity contribution in [3.05, 3.63) is 23.9 Å². The minimum absolute atomic E-state index is 0.0961. The maximum absolute atomic E-state index is 12.6. The molecule has 2 heterocycles. The highest BCUT2D eigenvalue weighted by atomic mass is 19.4. The highest BCUT2D eigenvalue weighted by molar-refractivity contribution is 5.65. The van der Waals surface area contributed by atoms with Gasteiger partial charge in [-0.2, -0.15) is 13.2 Å². The fourth-order valence-corrected chi connectivity index (χ4v) is 2.58. The van der Waals surface area contributed by atoms with Crippen LogP contribution >= 0.6 is 0 Å². The van der Waals surface area contributed by atoms with E-state index in [0.717, 1.165) is 24.8 Å². The molecule has 1 fully saturated rings. The van der Waals surface area contributed by atoms with Gasteiger partial charge in [0.25, 0.3) is 0 Å². The number of pyridine rings is 1. The van der Waals surface area contributed by atoms with Crippen molar-refractivity contribution >= 4 is 11.9 Å². The van der Waals surface area contributed by atoms with Gasteiger partial charge in [0.05, 0.1) is 11.6 Å². The number of rotatable bonds is 3. The number of hydrogen-bond donors (Lipinski definition) is 2. The molecule has 2 rings (SSSR count). The molecule has 1 aromatic heterocycles. The SMILES string of the molecule is C[C@H]1CC[C@@H](CNc2cc(C(F)(F)F)ccn2)N(C(=O)O)C1. The molecule has 1 aliphatic heterocycles. The van der Waals surface area contributed by atoms with Gasteiger partial charge in [-0.1, -0.05) is 6.92 Å². The highest BCUT2D eigenvalue weighted by Crippen LogP contribution is 2.30. The number of piperidine rings is 1. The number of halogens is 3. The van der Waals surface area contributed by atoms with Crippen LogP contribution in [-0.4, -0.2) is 40.2 Å². The zero-order chi connectivity index (χ0) is 16.3. The van der Waals surface area contributed by atoms with Gasteiger partial charge in [0.2, 0.25) is 0 Å². The molecule has 0 saturated carbocycles. The number of aromatic nitrogens is 1.